The van der Waals surface area contributed by atoms with Crippen LogP contribution >= 0.6 is 0 Å². The van der Waals surface area contributed by atoms with Crippen molar-refractivity contribution in [3.05, 3.63) is 65.9 Å². The average molecular weight is 424 g/mol. The van der Waals surface area contributed by atoms with E-state index in [1.165, 1.54) is 5.56 Å². The third-order valence-electron chi connectivity index (χ3n) is 4.89. The molecule has 0 saturated carbocycles. The van der Waals surface area contributed by atoms with Crippen LogP contribution in [0, 0.1) is 0 Å². The van der Waals surface area contributed by atoms with E-state index in [2.05, 4.69) is 32.5 Å². The van der Waals surface area contributed by atoms with Gasteiger partial charge >= 0.3 is 0 Å². The summed E-state index contributed by atoms with van der Waals surface area (Å²) in [5.41, 5.74) is 3.11. The minimum absolute atomic E-state index is 0.515. The van der Waals surface area contributed by atoms with Gasteiger partial charge in [-0.1, -0.05) is 18.2 Å². The van der Waals surface area contributed by atoms with Gasteiger partial charge in [-0.15, -0.1) is 0 Å². The minimum atomic E-state index is -1.24. The van der Waals surface area contributed by atoms with Gasteiger partial charge in [0.15, 0.2) is 0 Å². The molecule has 0 radical (unpaired) electrons. The fourth-order valence-corrected chi connectivity index (χ4v) is 4.17. The molecule has 4 rings (SSSR count). The summed E-state index contributed by atoms with van der Waals surface area (Å²) in [4.78, 5) is 9.92. The van der Waals surface area contributed by atoms with Crippen molar-refractivity contribution in [2.75, 3.05) is 30.8 Å². The van der Waals surface area contributed by atoms with Crippen LogP contribution in [0.25, 0.3) is 0 Å². The van der Waals surface area contributed by atoms with E-state index in [-0.39, 0.29) is 0 Å². The molecule has 1 aliphatic heterocycles. The Hall–Kier alpha value is -2.97. The summed E-state index contributed by atoms with van der Waals surface area (Å²) in [5.74, 6) is 2.20. The molecule has 0 amide bonds. The highest BCUT2D eigenvalue weighted by Crippen LogP contribution is 2.22. The lowest BCUT2D eigenvalue weighted by atomic mass is 10.1. The Labute approximate surface area is 178 Å². The third kappa shape index (κ3) is 5.14. The Bertz CT molecular complexity index is 1030. The molecule has 0 fully saturated rings. The standard InChI is InChI=1S/C22H25N5O2S/c1-29-19-10-7-16(8-11-19)6-9-17-15-24-22-26-18-4-2-5-20(14-18)30(28)25-13-3-12-23-21(17)27-22/h2,4-5,7-8,10-11,14-15,25H,3,6,9,12-13H2,1H3,(H2,23,24,26,27). The molecule has 156 valence electrons. The highest BCUT2D eigenvalue weighted by Gasteiger charge is 2.11. The van der Waals surface area contributed by atoms with Crippen LogP contribution in [0.2, 0.25) is 0 Å². The molecular formula is C22H25N5O2S. The predicted molar refractivity (Wildman–Crippen MR) is 120 cm³/mol. The van der Waals surface area contributed by atoms with Gasteiger partial charge in [0.2, 0.25) is 5.95 Å². The zero-order valence-corrected chi connectivity index (χ0v) is 17.7. The highest BCUT2D eigenvalue weighted by atomic mass is 32.2. The number of aromatic nitrogens is 2. The first-order valence-corrected chi connectivity index (χ1v) is 11.1. The molecule has 3 N–H and O–H groups in total. The molecule has 2 aromatic carbocycles. The lowest BCUT2D eigenvalue weighted by Crippen LogP contribution is -2.21. The second-order valence-electron chi connectivity index (χ2n) is 7.01. The number of aryl methyl sites for hydroxylation is 2. The second kappa shape index (κ2) is 9.69. The van der Waals surface area contributed by atoms with Crippen LogP contribution < -0.4 is 20.1 Å². The first-order chi connectivity index (χ1) is 14.7. The first-order valence-electron chi connectivity index (χ1n) is 9.96. The zero-order valence-electron chi connectivity index (χ0n) is 16.9. The molecule has 0 aliphatic carbocycles. The van der Waals surface area contributed by atoms with E-state index in [1.54, 1.807) is 7.11 Å². The molecular weight excluding hydrogens is 398 g/mol. The Kier molecular flexibility index (Phi) is 6.56. The van der Waals surface area contributed by atoms with Gasteiger partial charge in [-0.25, -0.2) is 13.9 Å². The average Bonchev–Trinajstić information content (AvgIpc) is 2.78. The van der Waals surface area contributed by atoms with Crippen LogP contribution in [0.4, 0.5) is 17.5 Å². The second-order valence-corrected chi connectivity index (χ2v) is 8.31. The first kappa shape index (κ1) is 20.3. The SMILES string of the molecule is COc1ccc(CCc2cnc3nc2NCCCNS(=O)c2cccc(c2)N3)cc1. The van der Waals surface area contributed by atoms with Crippen molar-refractivity contribution in [1.82, 2.24) is 14.7 Å². The van der Waals surface area contributed by atoms with Crippen molar-refractivity contribution >= 4 is 28.4 Å². The van der Waals surface area contributed by atoms with Gasteiger partial charge in [0.05, 0.1) is 12.0 Å². The number of fused-ring (bicyclic) bond motifs is 4. The van der Waals surface area contributed by atoms with Gasteiger partial charge in [-0.05, 0) is 55.2 Å². The number of hydrogen-bond acceptors (Lipinski definition) is 6. The Morgan fingerprint density at radius 3 is 2.80 bits per heavy atom. The number of hydrogen-bond donors (Lipinski definition) is 3. The molecule has 1 atom stereocenters. The van der Waals surface area contributed by atoms with Crippen molar-refractivity contribution < 1.29 is 8.95 Å². The van der Waals surface area contributed by atoms with Gasteiger partial charge in [0.1, 0.15) is 22.6 Å². The molecule has 0 spiro atoms. The molecule has 0 saturated heterocycles. The maximum absolute atomic E-state index is 12.4. The van der Waals surface area contributed by atoms with Gasteiger partial charge in [-0.3, -0.25) is 0 Å². The Morgan fingerprint density at radius 2 is 1.97 bits per heavy atom. The van der Waals surface area contributed by atoms with E-state index in [0.29, 0.717) is 12.5 Å². The zero-order chi connectivity index (χ0) is 20.8. The van der Waals surface area contributed by atoms with Crippen molar-refractivity contribution in [2.24, 2.45) is 0 Å². The summed E-state index contributed by atoms with van der Waals surface area (Å²) in [6.45, 7) is 1.38. The predicted octanol–water partition coefficient (Wildman–Crippen LogP) is 3.44. The van der Waals surface area contributed by atoms with Crippen molar-refractivity contribution in [3.8, 4) is 5.75 Å². The molecule has 1 aliphatic rings. The maximum Gasteiger partial charge on any atom is 0.229 e. The van der Waals surface area contributed by atoms with Crippen LogP contribution in [-0.4, -0.2) is 34.4 Å². The lowest BCUT2D eigenvalue weighted by Gasteiger charge is -2.13. The monoisotopic (exact) mass is 423 g/mol. The number of rotatable bonds is 4. The molecule has 1 aromatic heterocycles. The molecule has 1 unspecified atom stereocenters. The van der Waals surface area contributed by atoms with E-state index >= 15 is 0 Å². The van der Waals surface area contributed by atoms with Gasteiger partial charge < -0.3 is 15.4 Å². The number of ether oxygens (including phenoxy) is 1. The van der Waals surface area contributed by atoms with Crippen molar-refractivity contribution in [1.29, 1.82) is 0 Å². The van der Waals surface area contributed by atoms with Crippen molar-refractivity contribution in [3.63, 3.8) is 0 Å². The number of nitrogens with one attached hydrogen (secondary N) is 3. The number of anilines is 3. The number of nitrogens with zero attached hydrogens (tertiary/aromatic N) is 2. The molecule has 3 aromatic rings. The summed E-state index contributed by atoms with van der Waals surface area (Å²) < 4.78 is 20.7. The smallest absolute Gasteiger partial charge is 0.229 e. The molecule has 2 heterocycles. The van der Waals surface area contributed by atoms with Crippen molar-refractivity contribution in [2.45, 2.75) is 24.2 Å². The fourth-order valence-electron chi connectivity index (χ4n) is 3.24. The van der Waals surface area contributed by atoms with Gasteiger partial charge in [0, 0.05) is 30.5 Å². The van der Waals surface area contributed by atoms with E-state index in [0.717, 1.165) is 53.5 Å². The van der Waals surface area contributed by atoms with Gasteiger partial charge in [-0.2, -0.15) is 4.98 Å². The summed E-state index contributed by atoms with van der Waals surface area (Å²) in [5, 5.41) is 6.64. The molecule has 7 nitrogen and oxygen atoms in total. The lowest BCUT2D eigenvalue weighted by molar-refractivity contribution is 0.414. The minimum Gasteiger partial charge on any atom is -0.497 e. The summed E-state index contributed by atoms with van der Waals surface area (Å²) in [7, 11) is 0.434. The molecule has 4 bridgehead atoms. The van der Waals surface area contributed by atoms with E-state index < -0.39 is 11.0 Å². The van der Waals surface area contributed by atoms with Crippen LogP contribution in [-0.2, 0) is 23.8 Å². The highest BCUT2D eigenvalue weighted by molar-refractivity contribution is 7.83. The normalized spacial score (nSPS) is 16.2. The number of benzene rings is 2. The van der Waals surface area contributed by atoms with E-state index in [4.69, 9.17) is 9.72 Å². The molecule has 8 heteroatoms. The topological polar surface area (TPSA) is 88.2 Å². The fraction of sp³-hybridized carbons (Fsp3) is 0.273. The molecule has 30 heavy (non-hydrogen) atoms. The summed E-state index contributed by atoms with van der Waals surface area (Å²) in [6, 6.07) is 15.6. The summed E-state index contributed by atoms with van der Waals surface area (Å²) in [6.07, 6.45) is 4.42. The maximum atomic E-state index is 12.4. The van der Waals surface area contributed by atoms with Crippen LogP contribution in [0.1, 0.15) is 17.5 Å². The Balaban J connectivity index is 1.54. The quantitative estimate of drug-likeness (QED) is 0.596. The summed E-state index contributed by atoms with van der Waals surface area (Å²) >= 11 is 0. The van der Waals surface area contributed by atoms with E-state index in [1.807, 2.05) is 42.6 Å². The van der Waals surface area contributed by atoms with Crippen LogP contribution in [0.3, 0.4) is 0 Å². The largest absolute Gasteiger partial charge is 0.497 e. The number of methoxy groups -OCH3 is 1. The van der Waals surface area contributed by atoms with Crippen LogP contribution in [0.15, 0.2) is 59.6 Å². The van der Waals surface area contributed by atoms with Crippen LogP contribution in [0.5, 0.6) is 5.75 Å². The van der Waals surface area contributed by atoms with Gasteiger partial charge in [0.25, 0.3) is 0 Å². The third-order valence-corrected chi connectivity index (χ3v) is 6.04. The van der Waals surface area contributed by atoms with E-state index in [9.17, 15) is 4.21 Å². The Morgan fingerprint density at radius 1 is 1.10 bits per heavy atom.